The number of rotatable bonds is 3. The van der Waals surface area contributed by atoms with Crippen LogP contribution in [0.15, 0.2) is 53.7 Å². The molecule has 0 unspecified atom stereocenters. The summed E-state index contributed by atoms with van der Waals surface area (Å²) in [7, 11) is 0. The van der Waals surface area contributed by atoms with Crippen molar-refractivity contribution in [3.8, 4) is 5.75 Å². The second kappa shape index (κ2) is 6.46. The number of phenolic OH excluding ortho intramolecular Hbond substituents is 1. The van der Waals surface area contributed by atoms with Gasteiger partial charge in [-0.05, 0) is 12.1 Å². The van der Waals surface area contributed by atoms with Gasteiger partial charge in [0.1, 0.15) is 11.5 Å². The molecule has 2 aromatic rings. The summed E-state index contributed by atoms with van der Waals surface area (Å²) >= 11 is 11.6. The largest absolute Gasteiger partial charge is 0.506 e. The molecule has 0 fully saturated rings. The van der Waals surface area contributed by atoms with Gasteiger partial charge in [-0.25, -0.2) is 0 Å². The summed E-state index contributed by atoms with van der Waals surface area (Å²) < 4.78 is 0. The molecule has 0 bridgehead atoms. The Morgan fingerprint density at radius 3 is 2.50 bits per heavy atom. The van der Waals surface area contributed by atoms with Crippen LogP contribution in [0.2, 0.25) is 10.0 Å². The number of halogens is 2. The first-order chi connectivity index (χ1) is 9.58. The van der Waals surface area contributed by atoms with E-state index in [1.54, 1.807) is 12.1 Å². The van der Waals surface area contributed by atoms with Gasteiger partial charge in [0.05, 0.1) is 11.2 Å². The predicted molar refractivity (Wildman–Crippen MR) is 82.8 cm³/mol. The Morgan fingerprint density at radius 1 is 1.10 bits per heavy atom. The molecule has 2 N–H and O–H groups in total. The molecule has 20 heavy (non-hydrogen) atoms. The maximum Gasteiger partial charge on any atom is 0.143 e. The zero-order chi connectivity index (χ0) is 14.5. The van der Waals surface area contributed by atoms with E-state index in [0.29, 0.717) is 16.1 Å². The van der Waals surface area contributed by atoms with Crippen LogP contribution in [0.3, 0.4) is 0 Å². The van der Waals surface area contributed by atoms with Gasteiger partial charge in [0, 0.05) is 22.4 Å². The number of aliphatic imine (C=N–C) groups is 1. The van der Waals surface area contributed by atoms with E-state index in [-0.39, 0.29) is 16.5 Å². The van der Waals surface area contributed by atoms with E-state index in [1.165, 1.54) is 24.5 Å². The van der Waals surface area contributed by atoms with Crippen molar-refractivity contribution in [3.63, 3.8) is 0 Å². The molecule has 0 saturated carbocycles. The first kappa shape index (κ1) is 14.4. The number of hydrogen-bond acceptors (Lipinski definition) is 3. The minimum absolute atomic E-state index is 0.0227. The van der Waals surface area contributed by atoms with Crippen LogP contribution in [0.4, 0.5) is 0 Å². The van der Waals surface area contributed by atoms with E-state index in [0.717, 1.165) is 0 Å². The molecule has 0 atom stereocenters. The third-order valence-corrected chi connectivity index (χ3v) is 3.04. The van der Waals surface area contributed by atoms with Gasteiger partial charge in [-0.15, -0.1) is 0 Å². The number of aromatic hydroxyl groups is 1. The maximum absolute atomic E-state index is 9.81. The Balaban J connectivity index is 2.23. The van der Waals surface area contributed by atoms with Crippen LogP contribution in [0, 0.1) is 0 Å². The van der Waals surface area contributed by atoms with Gasteiger partial charge >= 0.3 is 0 Å². The van der Waals surface area contributed by atoms with E-state index >= 15 is 0 Å². The van der Waals surface area contributed by atoms with Crippen molar-refractivity contribution in [2.24, 2.45) is 4.99 Å². The smallest absolute Gasteiger partial charge is 0.143 e. The molecule has 2 rings (SSSR count). The molecule has 102 valence electrons. The number of aliphatic hydroxyl groups is 1. The molecule has 0 amide bonds. The fourth-order valence-electron chi connectivity index (χ4n) is 1.56. The van der Waals surface area contributed by atoms with Gasteiger partial charge in [0.15, 0.2) is 0 Å². The monoisotopic (exact) mass is 307 g/mol. The highest BCUT2D eigenvalue weighted by Gasteiger charge is 2.05. The van der Waals surface area contributed by atoms with E-state index < -0.39 is 0 Å². The number of phenols is 1. The summed E-state index contributed by atoms with van der Waals surface area (Å²) in [5.74, 6) is -0.0816. The van der Waals surface area contributed by atoms with Gasteiger partial charge < -0.3 is 10.2 Å². The summed E-state index contributed by atoms with van der Waals surface area (Å²) in [5, 5.41) is 20.1. The minimum Gasteiger partial charge on any atom is -0.506 e. The molecule has 0 saturated heterocycles. The highest BCUT2D eigenvalue weighted by atomic mass is 35.5. The van der Waals surface area contributed by atoms with Crippen molar-refractivity contribution < 1.29 is 10.2 Å². The zero-order valence-corrected chi connectivity index (χ0v) is 11.8. The molecule has 0 aliphatic heterocycles. The molecule has 0 aromatic heterocycles. The summed E-state index contributed by atoms with van der Waals surface area (Å²) in [6, 6.07) is 12.0. The lowest BCUT2D eigenvalue weighted by molar-refractivity contribution is 0.474. The fraction of sp³-hybridized carbons (Fsp3) is 0. The average molecular weight is 308 g/mol. The SMILES string of the molecule is O/C(=C\N=Cc1cc(Cl)cc(Cl)c1O)c1ccccc1. The number of nitrogens with zero attached hydrogens (tertiary/aromatic N) is 1. The molecule has 0 spiro atoms. The van der Waals surface area contributed by atoms with E-state index in [1.807, 2.05) is 18.2 Å². The maximum atomic E-state index is 9.81. The van der Waals surface area contributed by atoms with Gasteiger partial charge in [0.2, 0.25) is 0 Å². The quantitative estimate of drug-likeness (QED) is 0.639. The lowest BCUT2D eigenvalue weighted by Crippen LogP contribution is -1.85. The molecule has 0 radical (unpaired) electrons. The zero-order valence-electron chi connectivity index (χ0n) is 10.3. The van der Waals surface area contributed by atoms with Crippen LogP contribution in [0.1, 0.15) is 11.1 Å². The van der Waals surface area contributed by atoms with E-state index in [9.17, 15) is 10.2 Å². The van der Waals surface area contributed by atoms with Crippen molar-refractivity contribution in [2.75, 3.05) is 0 Å². The van der Waals surface area contributed by atoms with Crippen molar-refractivity contribution in [3.05, 3.63) is 69.8 Å². The fourth-order valence-corrected chi connectivity index (χ4v) is 2.07. The van der Waals surface area contributed by atoms with Gasteiger partial charge in [-0.2, -0.15) is 0 Å². The molecular formula is C15H11Cl2NO2. The molecule has 0 heterocycles. The summed E-state index contributed by atoms with van der Waals surface area (Å²) in [6.45, 7) is 0. The minimum atomic E-state index is -0.104. The molecule has 5 heteroatoms. The third kappa shape index (κ3) is 3.53. The molecule has 2 aromatic carbocycles. The highest BCUT2D eigenvalue weighted by Crippen LogP contribution is 2.30. The lowest BCUT2D eigenvalue weighted by Gasteiger charge is -2.01. The van der Waals surface area contributed by atoms with Crippen molar-refractivity contribution >= 4 is 35.2 Å². The van der Waals surface area contributed by atoms with Crippen LogP contribution >= 0.6 is 23.2 Å². The van der Waals surface area contributed by atoms with Crippen molar-refractivity contribution in [1.82, 2.24) is 0 Å². The van der Waals surface area contributed by atoms with E-state index in [2.05, 4.69) is 4.99 Å². The lowest BCUT2D eigenvalue weighted by atomic mass is 10.2. The molecule has 0 aliphatic carbocycles. The van der Waals surface area contributed by atoms with Crippen molar-refractivity contribution in [1.29, 1.82) is 0 Å². The van der Waals surface area contributed by atoms with Crippen LogP contribution in [-0.2, 0) is 0 Å². The molecule has 3 nitrogen and oxygen atoms in total. The summed E-state index contributed by atoms with van der Waals surface area (Å²) in [4.78, 5) is 3.95. The molecular weight excluding hydrogens is 297 g/mol. The Labute approximate surface area is 126 Å². The van der Waals surface area contributed by atoms with Gasteiger partial charge in [-0.3, -0.25) is 4.99 Å². The van der Waals surface area contributed by atoms with Crippen molar-refractivity contribution in [2.45, 2.75) is 0 Å². The topological polar surface area (TPSA) is 52.8 Å². The van der Waals surface area contributed by atoms with Gasteiger partial charge in [0.25, 0.3) is 0 Å². The normalized spacial score (nSPS) is 12.0. The van der Waals surface area contributed by atoms with E-state index in [4.69, 9.17) is 23.2 Å². The Morgan fingerprint density at radius 2 is 1.80 bits per heavy atom. The third-order valence-electron chi connectivity index (χ3n) is 2.54. The van der Waals surface area contributed by atoms with Crippen LogP contribution < -0.4 is 0 Å². The number of benzene rings is 2. The summed E-state index contributed by atoms with van der Waals surface area (Å²) in [6.07, 6.45) is 2.65. The standard InChI is InChI=1S/C15H11Cl2NO2/c16-12-6-11(15(20)13(17)7-12)8-18-9-14(19)10-4-2-1-3-5-10/h1-9,19-20H/b14-9-,18-8?. The van der Waals surface area contributed by atoms with Gasteiger partial charge in [-0.1, -0.05) is 53.5 Å². The second-order valence-corrected chi connectivity index (χ2v) is 4.83. The number of aliphatic hydroxyl groups excluding tert-OH is 1. The highest BCUT2D eigenvalue weighted by molar-refractivity contribution is 6.36. The Kier molecular flexibility index (Phi) is 4.66. The first-order valence-corrected chi connectivity index (χ1v) is 6.49. The number of hydrogen-bond donors (Lipinski definition) is 2. The Bertz CT molecular complexity index is 667. The Hall–Kier alpha value is -1.97. The second-order valence-electron chi connectivity index (χ2n) is 3.98. The molecule has 0 aliphatic rings. The predicted octanol–water partition coefficient (Wildman–Crippen LogP) is 4.67. The average Bonchev–Trinajstić information content (AvgIpc) is 2.44. The summed E-state index contributed by atoms with van der Waals surface area (Å²) in [5.41, 5.74) is 1.03. The first-order valence-electron chi connectivity index (χ1n) is 5.73. The van der Waals surface area contributed by atoms with Crippen LogP contribution in [0.25, 0.3) is 5.76 Å². The van der Waals surface area contributed by atoms with Crippen LogP contribution in [0.5, 0.6) is 5.75 Å². The van der Waals surface area contributed by atoms with Crippen LogP contribution in [-0.4, -0.2) is 16.4 Å².